The first-order chi connectivity index (χ1) is 10.2. The minimum atomic E-state index is -0.186. The number of methoxy groups -OCH3 is 1. The molecule has 1 amide bonds. The molecule has 2 rings (SSSR count). The van der Waals surface area contributed by atoms with Gasteiger partial charge in [0.15, 0.2) is 0 Å². The minimum absolute atomic E-state index is 0.186. The molecular weight excluding hydrogens is 268 g/mol. The Bertz CT molecular complexity index is 669. The Morgan fingerprint density at radius 2 is 2.38 bits per heavy atom. The van der Waals surface area contributed by atoms with E-state index in [4.69, 9.17) is 10.5 Å². The van der Waals surface area contributed by atoms with Crippen LogP contribution in [0.4, 0.5) is 0 Å². The molecule has 0 bridgehead atoms. The number of aromatic amines is 1. The molecule has 0 aliphatic heterocycles. The highest BCUT2D eigenvalue weighted by Gasteiger charge is 2.09. The van der Waals surface area contributed by atoms with Gasteiger partial charge < -0.3 is 15.8 Å². The summed E-state index contributed by atoms with van der Waals surface area (Å²) in [4.78, 5) is 12.1. The fraction of sp³-hybridized carbons (Fsp3) is 0.200. The second-order valence-corrected chi connectivity index (χ2v) is 4.21. The maximum Gasteiger partial charge on any atom is 0.251 e. The number of nitrogens with zero attached hydrogens (tertiary/aromatic N) is 1. The molecule has 1 aromatic heterocycles. The van der Waals surface area contributed by atoms with Gasteiger partial charge in [-0.3, -0.25) is 9.89 Å². The highest BCUT2D eigenvalue weighted by atomic mass is 16.5. The lowest BCUT2D eigenvalue weighted by atomic mass is 10.1. The van der Waals surface area contributed by atoms with E-state index in [2.05, 4.69) is 27.4 Å². The summed E-state index contributed by atoms with van der Waals surface area (Å²) in [5.41, 5.74) is 7.42. The highest BCUT2D eigenvalue weighted by Crippen LogP contribution is 2.18. The Balaban J connectivity index is 2.13. The number of rotatable bonds is 4. The monoisotopic (exact) mass is 284 g/mol. The van der Waals surface area contributed by atoms with Crippen LogP contribution in [-0.2, 0) is 6.54 Å². The summed E-state index contributed by atoms with van der Waals surface area (Å²) < 4.78 is 5.21. The summed E-state index contributed by atoms with van der Waals surface area (Å²) in [6.07, 6.45) is 3.39. The van der Waals surface area contributed by atoms with Crippen LogP contribution in [0.2, 0.25) is 0 Å². The number of amides is 1. The third kappa shape index (κ3) is 3.84. The van der Waals surface area contributed by atoms with Gasteiger partial charge in [0, 0.05) is 23.9 Å². The second kappa shape index (κ2) is 7.12. The molecule has 0 aliphatic rings. The molecule has 1 heterocycles. The zero-order valence-corrected chi connectivity index (χ0v) is 11.6. The summed E-state index contributed by atoms with van der Waals surface area (Å²) in [7, 11) is 1.56. The van der Waals surface area contributed by atoms with Gasteiger partial charge in [-0.05, 0) is 18.2 Å². The first-order valence-electron chi connectivity index (χ1n) is 6.37. The molecule has 6 nitrogen and oxygen atoms in total. The van der Waals surface area contributed by atoms with Crippen LogP contribution in [0.25, 0.3) is 0 Å². The first kappa shape index (κ1) is 14.6. The van der Waals surface area contributed by atoms with Gasteiger partial charge in [0.25, 0.3) is 5.91 Å². The van der Waals surface area contributed by atoms with E-state index >= 15 is 0 Å². The molecule has 0 fully saturated rings. The standard InChI is InChI=1S/C15H16N4O2/c1-21-14-5-4-13(7-12(14)3-2-6-16)15(20)17-8-11-9-18-19-10-11/h4-5,7,9-10H,6,8,16H2,1H3,(H,17,20)(H,18,19). The van der Waals surface area contributed by atoms with E-state index in [0.717, 1.165) is 5.56 Å². The molecule has 0 radical (unpaired) electrons. The number of carbonyl (C=O) groups is 1. The van der Waals surface area contributed by atoms with E-state index in [1.165, 1.54) is 0 Å². The zero-order chi connectivity index (χ0) is 15.1. The van der Waals surface area contributed by atoms with E-state index < -0.39 is 0 Å². The minimum Gasteiger partial charge on any atom is -0.495 e. The van der Waals surface area contributed by atoms with Crippen LogP contribution in [0.5, 0.6) is 5.75 Å². The SMILES string of the molecule is COc1ccc(C(=O)NCc2cn[nH]c2)cc1C#CCN. The Morgan fingerprint density at radius 3 is 3.05 bits per heavy atom. The van der Waals surface area contributed by atoms with Crippen LogP contribution >= 0.6 is 0 Å². The van der Waals surface area contributed by atoms with E-state index in [1.807, 2.05) is 0 Å². The van der Waals surface area contributed by atoms with Crippen molar-refractivity contribution in [3.63, 3.8) is 0 Å². The maximum absolute atomic E-state index is 12.1. The Hall–Kier alpha value is -2.78. The zero-order valence-electron chi connectivity index (χ0n) is 11.6. The van der Waals surface area contributed by atoms with Crippen molar-refractivity contribution in [2.45, 2.75) is 6.54 Å². The number of H-pyrrole nitrogens is 1. The predicted molar refractivity (Wildman–Crippen MR) is 78.7 cm³/mol. The molecule has 0 atom stereocenters. The average molecular weight is 284 g/mol. The summed E-state index contributed by atoms with van der Waals surface area (Å²) in [5, 5.41) is 9.32. The van der Waals surface area contributed by atoms with Crippen LogP contribution in [0, 0.1) is 11.8 Å². The quantitative estimate of drug-likeness (QED) is 0.719. The molecule has 0 aliphatic carbocycles. The van der Waals surface area contributed by atoms with Gasteiger partial charge in [0.05, 0.1) is 25.4 Å². The average Bonchev–Trinajstić information content (AvgIpc) is 3.03. The van der Waals surface area contributed by atoms with Gasteiger partial charge >= 0.3 is 0 Å². The lowest BCUT2D eigenvalue weighted by Gasteiger charge is -2.07. The van der Waals surface area contributed by atoms with E-state index in [1.54, 1.807) is 37.7 Å². The fourth-order valence-corrected chi connectivity index (χ4v) is 1.75. The predicted octanol–water partition coefficient (Wildman–Crippen LogP) is 0.659. The van der Waals surface area contributed by atoms with Crippen molar-refractivity contribution in [2.24, 2.45) is 5.73 Å². The van der Waals surface area contributed by atoms with Gasteiger partial charge in [-0.1, -0.05) is 11.8 Å². The Labute approximate surface area is 122 Å². The van der Waals surface area contributed by atoms with Crippen molar-refractivity contribution in [3.8, 4) is 17.6 Å². The third-order valence-electron chi connectivity index (χ3n) is 2.79. The number of nitrogens with one attached hydrogen (secondary N) is 2. The van der Waals surface area contributed by atoms with Crippen molar-refractivity contribution < 1.29 is 9.53 Å². The number of carbonyl (C=O) groups excluding carboxylic acids is 1. The van der Waals surface area contributed by atoms with Gasteiger partial charge in [0.1, 0.15) is 5.75 Å². The molecule has 0 saturated carbocycles. The largest absolute Gasteiger partial charge is 0.495 e. The molecule has 2 aromatic rings. The topological polar surface area (TPSA) is 93.0 Å². The van der Waals surface area contributed by atoms with Crippen molar-refractivity contribution in [1.29, 1.82) is 0 Å². The second-order valence-electron chi connectivity index (χ2n) is 4.21. The third-order valence-corrected chi connectivity index (χ3v) is 2.79. The summed E-state index contributed by atoms with van der Waals surface area (Å²) in [5.74, 6) is 6.08. The molecule has 6 heteroatoms. The van der Waals surface area contributed by atoms with E-state index in [0.29, 0.717) is 23.4 Å². The molecular formula is C15H16N4O2. The van der Waals surface area contributed by atoms with Gasteiger partial charge in [0.2, 0.25) is 0 Å². The van der Waals surface area contributed by atoms with Gasteiger partial charge in [-0.2, -0.15) is 5.10 Å². The maximum atomic E-state index is 12.1. The first-order valence-corrected chi connectivity index (χ1v) is 6.37. The highest BCUT2D eigenvalue weighted by molar-refractivity contribution is 5.94. The van der Waals surface area contributed by atoms with Crippen LogP contribution < -0.4 is 15.8 Å². The van der Waals surface area contributed by atoms with E-state index in [-0.39, 0.29) is 12.5 Å². The number of hydrogen-bond acceptors (Lipinski definition) is 4. The number of hydrogen-bond donors (Lipinski definition) is 3. The Morgan fingerprint density at radius 1 is 1.52 bits per heavy atom. The van der Waals surface area contributed by atoms with E-state index in [9.17, 15) is 4.79 Å². The normalized spacial score (nSPS) is 9.62. The van der Waals surface area contributed by atoms with Crippen molar-refractivity contribution in [2.75, 3.05) is 13.7 Å². The van der Waals surface area contributed by atoms with Crippen LogP contribution in [0.3, 0.4) is 0 Å². The van der Waals surface area contributed by atoms with Crippen molar-refractivity contribution in [3.05, 3.63) is 47.3 Å². The molecule has 108 valence electrons. The molecule has 0 saturated heterocycles. The number of benzene rings is 1. The molecule has 0 unspecified atom stereocenters. The number of ether oxygens (including phenoxy) is 1. The lowest BCUT2D eigenvalue weighted by molar-refractivity contribution is 0.0951. The molecule has 4 N–H and O–H groups in total. The van der Waals surface area contributed by atoms with Crippen molar-refractivity contribution in [1.82, 2.24) is 15.5 Å². The smallest absolute Gasteiger partial charge is 0.251 e. The van der Waals surface area contributed by atoms with Crippen LogP contribution in [0.15, 0.2) is 30.6 Å². The van der Waals surface area contributed by atoms with Crippen LogP contribution in [-0.4, -0.2) is 29.8 Å². The molecule has 21 heavy (non-hydrogen) atoms. The Kier molecular flexibility index (Phi) is 4.96. The number of aromatic nitrogens is 2. The summed E-state index contributed by atoms with van der Waals surface area (Å²) in [6.45, 7) is 0.658. The fourth-order valence-electron chi connectivity index (χ4n) is 1.75. The molecule has 1 aromatic carbocycles. The summed E-state index contributed by atoms with van der Waals surface area (Å²) >= 11 is 0. The van der Waals surface area contributed by atoms with Crippen molar-refractivity contribution >= 4 is 5.91 Å². The van der Waals surface area contributed by atoms with Gasteiger partial charge in [-0.15, -0.1) is 0 Å². The number of nitrogens with two attached hydrogens (primary N) is 1. The molecule has 0 spiro atoms. The lowest BCUT2D eigenvalue weighted by Crippen LogP contribution is -2.22. The van der Waals surface area contributed by atoms with Crippen LogP contribution in [0.1, 0.15) is 21.5 Å². The summed E-state index contributed by atoms with van der Waals surface area (Å²) in [6, 6.07) is 5.09. The van der Waals surface area contributed by atoms with Gasteiger partial charge in [-0.25, -0.2) is 0 Å².